The Kier molecular flexibility index (Phi) is 32.9. The van der Waals surface area contributed by atoms with E-state index in [-0.39, 0.29) is 0 Å². The molecule has 4 aromatic carbocycles. The van der Waals surface area contributed by atoms with E-state index in [1.807, 2.05) is 100 Å². The van der Waals surface area contributed by atoms with E-state index in [0.29, 0.717) is 17.5 Å². The number of hydrogen-bond acceptors (Lipinski definition) is 10. The molecule has 0 aliphatic heterocycles. The predicted molar refractivity (Wildman–Crippen MR) is 239 cm³/mol. The van der Waals surface area contributed by atoms with Crippen LogP contribution in [0.15, 0.2) is 130 Å². The van der Waals surface area contributed by atoms with E-state index in [1.165, 1.54) is 34.8 Å². The minimum Gasteiger partial charge on any atom is -0.359 e. The largest absolute Gasteiger partial charge is 0.359 e. The van der Waals surface area contributed by atoms with Gasteiger partial charge in [-0.3, -0.25) is 0 Å². The van der Waals surface area contributed by atoms with Crippen LogP contribution < -0.4 is 11.0 Å². The van der Waals surface area contributed by atoms with Crippen molar-refractivity contribution in [3.8, 4) is 22.3 Å². The molecule has 56 heavy (non-hydrogen) atoms. The predicted octanol–water partition coefficient (Wildman–Crippen LogP) is 12.7. The zero-order valence-corrected chi connectivity index (χ0v) is 37.3. The number of hydrogen-bond donors (Lipinski definition) is 2. The number of benzene rings is 4. The van der Waals surface area contributed by atoms with Gasteiger partial charge in [0.2, 0.25) is 0 Å². The van der Waals surface area contributed by atoms with E-state index in [2.05, 4.69) is 127 Å². The molecule has 0 aliphatic carbocycles. The highest BCUT2D eigenvalue weighted by atomic mass is 32.2. The topological polar surface area (TPSA) is 129 Å². The van der Waals surface area contributed by atoms with Crippen LogP contribution in [0, 0.1) is 27.7 Å². The molecule has 6 rings (SSSR count). The zero-order valence-electron chi connectivity index (χ0n) is 35.7. The molecule has 2 aromatic heterocycles. The van der Waals surface area contributed by atoms with E-state index in [9.17, 15) is 8.42 Å². The van der Waals surface area contributed by atoms with Gasteiger partial charge >= 0.3 is 0 Å². The Balaban J connectivity index is 0. The Bertz CT molecular complexity index is 1610. The van der Waals surface area contributed by atoms with Crippen molar-refractivity contribution < 1.29 is 26.0 Å². The fraction of sp³-hybridized carbons (Fsp3) is 0.318. The van der Waals surface area contributed by atoms with Crippen LogP contribution in [0.1, 0.15) is 78.0 Å². The van der Waals surface area contributed by atoms with Gasteiger partial charge in [0.1, 0.15) is 5.76 Å². The first-order valence-corrected chi connectivity index (χ1v) is 21.7. The Morgan fingerprint density at radius 1 is 0.464 bits per heavy atom. The summed E-state index contributed by atoms with van der Waals surface area (Å²) in [6.45, 7) is 23.3. The Hall–Kier alpha value is -4.88. The fourth-order valence-corrected chi connectivity index (χ4v) is 4.13. The van der Waals surface area contributed by atoms with Crippen LogP contribution in [0.2, 0.25) is 0 Å². The molecule has 0 saturated carbocycles. The fourth-order valence-electron chi connectivity index (χ4n) is 3.74. The summed E-state index contributed by atoms with van der Waals surface area (Å²) in [5.74, 6) is 1.56. The molecule has 2 heterocycles. The molecule has 0 aliphatic rings. The second-order valence-electron chi connectivity index (χ2n) is 10.1. The first-order chi connectivity index (χ1) is 27.2. The Labute approximate surface area is 341 Å². The van der Waals surface area contributed by atoms with Gasteiger partial charge in [-0.15, -0.1) is 0 Å². The van der Waals surface area contributed by atoms with Crippen molar-refractivity contribution in [2.45, 2.75) is 83.1 Å². The summed E-state index contributed by atoms with van der Waals surface area (Å²) in [4.78, 5) is 0. The molecule has 10 nitrogen and oxygen atoms in total. The molecule has 12 heteroatoms. The lowest BCUT2D eigenvalue weighted by molar-refractivity contribution is 0.367. The molecule has 0 bridgehead atoms. The number of anilines is 2. The van der Waals surface area contributed by atoms with E-state index < -0.39 is 22.2 Å². The SMILES string of the molecule is CC.CC.CC.CC.Cc1noc(NOS(C)=O)c1C.Cc1onc(NOS(C)=O)c1C.c1ccc(-c2ccccc2)cc1.c1ccc(-c2ccccc2)cc1. The van der Waals surface area contributed by atoms with Crippen LogP contribution in [0.3, 0.4) is 0 Å². The van der Waals surface area contributed by atoms with Crippen molar-refractivity contribution >= 4 is 33.9 Å². The number of nitrogens with one attached hydrogen (secondary N) is 2. The summed E-state index contributed by atoms with van der Waals surface area (Å²) in [5.41, 5.74) is 12.4. The maximum Gasteiger partial charge on any atom is 0.252 e. The van der Waals surface area contributed by atoms with Gasteiger partial charge in [0.25, 0.3) is 5.88 Å². The third-order valence-electron chi connectivity index (χ3n) is 6.58. The molecule has 0 amide bonds. The normalized spacial score (nSPS) is 10.1. The lowest BCUT2D eigenvalue weighted by Gasteiger charge is -1.98. The highest BCUT2D eigenvalue weighted by Gasteiger charge is 2.08. The monoisotopic (exact) mass is 808 g/mol. The third kappa shape index (κ3) is 22.5. The van der Waals surface area contributed by atoms with Gasteiger partial charge < -0.3 is 9.05 Å². The molecule has 2 N–H and O–H groups in total. The zero-order chi connectivity index (χ0) is 42.7. The van der Waals surface area contributed by atoms with Gasteiger partial charge in [0.05, 0.1) is 5.69 Å². The Morgan fingerprint density at radius 3 is 1.04 bits per heavy atom. The molecule has 0 fully saturated rings. The number of aryl methyl sites for hydroxylation is 2. The maximum absolute atomic E-state index is 10.5. The summed E-state index contributed by atoms with van der Waals surface area (Å²) in [7, 11) is 0. The lowest BCUT2D eigenvalue weighted by atomic mass is 10.1. The van der Waals surface area contributed by atoms with Crippen molar-refractivity contribution in [2.75, 3.05) is 23.5 Å². The van der Waals surface area contributed by atoms with Crippen molar-refractivity contribution in [1.29, 1.82) is 0 Å². The highest BCUT2D eigenvalue weighted by Crippen LogP contribution is 2.19. The molecule has 2 unspecified atom stereocenters. The van der Waals surface area contributed by atoms with Gasteiger partial charge in [-0.1, -0.05) is 187 Å². The molecule has 0 spiro atoms. The van der Waals surface area contributed by atoms with Crippen molar-refractivity contribution in [3.05, 3.63) is 144 Å². The maximum atomic E-state index is 10.5. The quantitative estimate of drug-likeness (QED) is 0.143. The van der Waals surface area contributed by atoms with E-state index >= 15 is 0 Å². The van der Waals surface area contributed by atoms with Crippen molar-refractivity contribution in [1.82, 2.24) is 10.3 Å². The van der Waals surface area contributed by atoms with E-state index in [0.717, 1.165) is 16.8 Å². The van der Waals surface area contributed by atoms with Gasteiger partial charge in [0.15, 0.2) is 28.0 Å². The standard InChI is InChI=1S/2C12H10.2C6H10N2O3S.4C2H6/c2*1-3-7-11(8-4-1)12-9-5-2-6-10-12;1-4-5(2)10-7-6(4)8-11-12(3)9;1-4-5(2)7-10-6(4)8-11-12(3)9;4*1-2/h2*1-10H;1-3H3,(H,7,8);8H,1-3H3;4*1-2H3. The average Bonchev–Trinajstić information content (AvgIpc) is 3.77. The third-order valence-corrected chi connectivity index (χ3v) is 7.22. The van der Waals surface area contributed by atoms with Crippen LogP contribution >= 0.6 is 0 Å². The van der Waals surface area contributed by atoms with Crippen LogP contribution in [-0.2, 0) is 30.7 Å². The van der Waals surface area contributed by atoms with Crippen molar-refractivity contribution in [2.24, 2.45) is 0 Å². The smallest absolute Gasteiger partial charge is 0.252 e. The second-order valence-corrected chi connectivity index (χ2v) is 12.0. The molecule has 0 saturated heterocycles. The van der Waals surface area contributed by atoms with E-state index in [4.69, 9.17) is 9.05 Å². The van der Waals surface area contributed by atoms with Crippen LogP contribution in [0.5, 0.6) is 0 Å². The molecule has 308 valence electrons. The molecule has 0 radical (unpaired) electrons. The molecule has 2 atom stereocenters. The minimum absolute atomic E-state index is 0.391. The first-order valence-electron chi connectivity index (χ1n) is 18.8. The summed E-state index contributed by atoms with van der Waals surface area (Å²) >= 11 is -2.72. The molecular weight excluding hydrogens is 745 g/mol. The summed E-state index contributed by atoms with van der Waals surface area (Å²) in [6, 6.07) is 41.6. The molecular formula is C44H64N4O6S2. The van der Waals surface area contributed by atoms with Gasteiger partial charge in [-0.2, -0.15) is 8.57 Å². The van der Waals surface area contributed by atoms with Gasteiger partial charge in [0, 0.05) is 23.6 Å². The summed E-state index contributed by atoms with van der Waals surface area (Å²) in [5, 5.41) is 7.32. The average molecular weight is 809 g/mol. The molecule has 6 aromatic rings. The van der Waals surface area contributed by atoms with Gasteiger partial charge in [-0.05, 0) is 49.9 Å². The number of rotatable bonds is 8. The second kappa shape index (κ2) is 34.6. The minimum atomic E-state index is -1.36. The van der Waals surface area contributed by atoms with Crippen LogP contribution in [0.4, 0.5) is 11.7 Å². The Morgan fingerprint density at radius 2 is 0.786 bits per heavy atom. The first kappa shape index (κ1) is 53.2. The van der Waals surface area contributed by atoms with Gasteiger partial charge in [-0.25, -0.2) is 19.4 Å². The highest BCUT2D eigenvalue weighted by molar-refractivity contribution is 7.79. The van der Waals surface area contributed by atoms with Crippen LogP contribution in [-0.4, -0.2) is 31.2 Å². The summed E-state index contributed by atoms with van der Waals surface area (Å²) in [6.07, 6.45) is 2.82. The summed E-state index contributed by atoms with van der Waals surface area (Å²) < 4.78 is 39.9. The van der Waals surface area contributed by atoms with Crippen LogP contribution in [0.25, 0.3) is 22.3 Å². The van der Waals surface area contributed by atoms with Crippen molar-refractivity contribution in [3.63, 3.8) is 0 Å². The number of aromatic nitrogens is 2. The van der Waals surface area contributed by atoms with E-state index in [1.54, 1.807) is 6.92 Å². The lowest BCUT2D eigenvalue weighted by Crippen LogP contribution is -2.03. The number of nitrogens with zero attached hydrogens (tertiary/aromatic N) is 2.